The lowest BCUT2D eigenvalue weighted by molar-refractivity contribution is 0.0929. The van der Waals surface area contributed by atoms with Gasteiger partial charge in [-0.2, -0.15) is 0 Å². The Bertz CT molecular complexity index is 1170. The Kier molecular flexibility index (Phi) is 6.54. The zero-order valence-electron chi connectivity index (χ0n) is 17.3. The van der Waals surface area contributed by atoms with Crippen LogP contribution in [-0.2, 0) is 30.9 Å². The fourth-order valence-electron chi connectivity index (χ4n) is 3.15. The minimum atomic E-state index is -0.155. The number of aromatic amines is 1. The highest BCUT2D eigenvalue weighted by molar-refractivity contribution is 5.55. The second-order valence-corrected chi connectivity index (χ2v) is 7.12. The average molecular weight is 416 g/mol. The molecule has 0 amide bonds. The number of H-pyrrole nitrogens is 1. The fraction of sp³-hybridized carbons (Fsp3) is 0.208. The smallest absolute Gasteiger partial charge is 0.251 e. The monoisotopic (exact) mass is 416 g/mol. The molecule has 0 spiro atoms. The first-order valence-corrected chi connectivity index (χ1v) is 10.2. The molecule has 4 aromatic rings. The van der Waals surface area contributed by atoms with E-state index in [0.717, 1.165) is 34.0 Å². The van der Waals surface area contributed by atoms with Gasteiger partial charge >= 0.3 is 0 Å². The van der Waals surface area contributed by atoms with E-state index in [9.17, 15) is 4.79 Å². The molecule has 0 bridgehead atoms. The number of ether oxygens (including phenoxy) is 1. The molecule has 2 N–H and O–H groups in total. The van der Waals surface area contributed by atoms with Crippen LogP contribution in [0, 0.1) is 0 Å². The zero-order chi connectivity index (χ0) is 21.5. The summed E-state index contributed by atoms with van der Waals surface area (Å²) in [5.74, 6) is 2.09. The Morgan fingerprint density at radius 2 is 1.97 bits per heavy atom. The maximum atomic E-state index is 11.8. The number of benzene rings is 1. The highest BCUT2D eigenvalue weighted by Crippen LogP contribution is 2.16. The number of rotatable bonds is 9. The van der Waals surface area contributed by atoms with Crippen LogP contribution in [-0.4, -0.2) is 15.0 Å². The van der Waals surface area contributed by atoms with Gasteiger partial charge in [0.25, 0.3) is 5.56 Å². The number of hydrogen-bond acceptors (Lipinski definition) is 6. The molecule has 1 aromatic carbocycles. The standard InChI is InChI=1S/C24H24N4O3/c1-2-20-12-23(29)28-24(27-20)19-8-9-22(26-14-19)25-13-17-5-3-6-18(11-17)15-30-16-21-7-4-10-31-21/h3-12,14H,2,13,15-16H2,1H3,(H,25,26)(H,27,28,29). The molecule has 0 aliphatic heterocycles. The van der Waals surface area contributed by atoms with Crippen LogP contribution in [0.3, 0.4) is 0 Å². The zero-order valence-corrected chi connectivity index (χ0v) is 17.3. The maximum Gasteiger partial charge on any atom is 0.251 e. The largest absolute Gasteiger partial charge is 0.467 e. The minimum absolute atomic E-state index is 0.155. The predicted molar refractivity (Wildman–Crippen MR) is 118 cm³/mol. The molecular weight excluding hydrogens is 392 g/mol. The van der Waals surface area contributed by atoms with Crippen LogP contribution < -0.4 is 10.9 Å². The summed E-state index contributed by atoms with van der Waals surface area (Å²) in [5.41, 5.74) is 3.60. The Morgan fingerprint density at radius 3 is 2.74 bits per heavy atom. The molecule has 0 aliphatic carbocycles. The molecule has 7 heteroatoms. The van der Waals surface area contributed by atoms with E-state index in [1.54, 1.807) is 12.5 Å². The normalized spacial score (nSPS) is 10.9. The van der Waals surface area contributed by atoms with Gasteiger partial charge in [0.15, 0.2) is 0 Å². The summed E-state index contributed by atoms with van der Waals surface area (Å²) in [6.07, 6.45) is 4.06. The molecule has 0 atom stereocenters. The minimum Gasteiger partial charge on any atom is -0.467 e. The van der Waals surface area contributed by atoms with Gasteiger partial charge in [0.05, 0.1) is 12.9 Å². The summed E-state index contributed by atoms with van der Waals surface area (Å²) in [4.78, 5) is 23.5. The third kappa shape index (κ3) is 5.67. The number of nitrogens with one attached hydrogen (secondary N) is 2. The van der Waals surface area contributed by atoms with Gasteiger partial charge < -0.3 is 19.5 Å². The van der Waals surface area contributed by atoms with Crippen LogP contribution in [0.1, 0.15) is 29.5 Å². The van der Waals surface area contributed by atoms with Crippen molar-refractivity contribution in [2.75, 3.05) is 5.32 Å². The average Bonchev–Trinajstić information content (AvgIpc) is 3.31. The lowest BCUT2D eigenvalue weighted by atomic mass is 10.1. The van der Waals surface area contributed by atoms with Crippen molar-refractivity contribution in [3.8, 4) is 11.4 Å². The molecule has 0 saturated carbocycles. The van der Waals surface area contributed by atoms with E-state index in [2.05, 4.69) is 32.4 Å². The molecule has 158 valence electrons. The highest BCUT2D eigenvalue weighted by Gasteiger charge is 2.05. The molecule has 0 radical (unpaired) electrons. The van der Waals surface area contributed by atoms with Crippen molar-refractivity contribution >= 4 is 5.82 Å². The molecule has 7 nitrogen and oxygen atoms in total. The quantitative estimate of drug-likeness (QED) is 0.422. The molecule has 3 heterocycles. The fourth-order valence-corrected chi connectivity index (χ4v) is 3.15. The van der Waals surface area contributed by atoms with E-state index in [0.29, 0.717) is 32.0 Å². The van der Waals surface area contributed by atoms with Crippen LogP contribution in [0.2, 0.25) is 0 Å². The van der Waals surface area contributed by atoms with Crippen LogP contribution >= 0.6 is 0 Å². The molecule has 4 rings (SSSR count). The number of aryl methyl sites for hydroxylation is 1. The van der Waals surface area contributed by atoms with Crippen LogP contribution in [0.5, 0.6) is 0 Å². The van der Waals surface area contributed by atoms with Gasteiger partial charge in [-0.15, -0.1) is 0 Å². The second kappa shape index (κ2) is 9.86. The van der Waals surface area contributed by atoms with E-state index >= 15 is 0 Å². The topological polar surface area (TPSA) is 93.0 Å². The van der Waals surface area contributed by atoms with E-state index in [1.807, 2.05) is 43.3 Å². The van der Waals surface area contributed by atoms with Gasteiger partial charge in [0.1, 0.15) is 24.0 Å². The predicted octanol–water partition coefficient (Wildman–Crippen LogP) is 4.32. The van der Waals surface area contributed by atoms with Crippen molar-refractivity contribution in [1.82, 2.24) is 15.0 Å². The molecular formula is C24H24N4O3. The SMILES string of the molecule is CCc1cc(=O)[nH]c(-c2ccc(NCc3cccc(COCc4ccco4)c3)nc2)n1. The highest BCUT2D eigenvalue weighted by atomic mass is 16.5. The van der Waals surface area contributed by atoms with Gasteiger partial charge in [-0.05, 0) is 41.8 Å². The van der Waals surface area contributed by atoms with Gasteiger partial charge in [-0.1, -0.05) is 31.2 Å². The van der Waals surface area contributed by atoms with E-state index in [-0.39, 0.29) is 5.56 Å². The van der Waals surface area contributed by atoms with Gasteiger partial charge in [0, 0.05) is 30.1 Å². The van der Waals surface area contributed by atoms with Gasteiger partial charge in [-0.25, -0.2) is 9.97 Å². The van der Waals surface area contributed by atoms with Crippen molar-refractivity contribution in [1.29, 1.82) is 0 Å². The second-order valence-electron chi connectivity index (χ2n) is 7.12. The van der Waals surface area contributed by atoms with Crippen molar-refractivity contribution in [3.05, 3.63) is 100.0 Å². The molecule has 3 aromatic heterocycles. The first kappa shape index (κ1) is 20.6. The Labute approximate surface area is 180 Å². The van der Waals surface area contributed by atoms with Gasteiger partial charge in [-0.3, -0.25) is 4.79 Å². The summed E-state index contributed by atoms with van der Waals surface area (Å²) in [5, 5.41) is 3.32. The first-order valence-electron chi connectivity index (χ1n) is 10.2. The molecule has 0 aliphatic rings. The lowest BCUT2D eigenvalue weighted by Crippen LogP contribution is -2.10. The van der Waals surface area contributed by atoms with Crippen molar-refractivity contribution < 1.29 is 9.15 Å². The van der Waals surface area contributed by atoms with Crippen molar-refractivity contribution in [2.45, 2.75) is 33.1 Å². The van der Waals surface area contributed by atoms with Crippen molar-refractivity contribution in [3.63, 3.8) is 0 Å². The third-order valence-electron chi connectivity index (χ3n) is 4.75. The molecule has 0 unspecified atom stereocenters. The van der Waals surface area contributed by atoms with Crippen molar-refractivity contribution in [2.24, 2.45) is 0 Å². The van der Waals surface area contributed by atoms with Crippen LogP contribution in [0.25, 0.3) is 11.4 Å². The van der Waals surface area contributed by atoms with Gasteiger partial charge in [0.2, 0.25) is 0 Å². The third-order valence-corrected chi connectivity index (χ3v) is 4.75. The molecule has 0 fully saturated rings. The molecule has 0 saturated heterocycles. The molecule has 31 heavy (non-hydrogen) atoms. The van der Waals surface area contributed by atoms with Crippen LogP contribution in [0.4, 0.5) is 5.82 Å². The summed E-state index contributed by atoms with van der Waals surface area (Å²) in [7, 11) is 0. The number of hydrogen-bond donors (Lipinski definition) is 2. The van der Waals surface area contributed by atoms with Crippen LogP contribution in [0.15, 0.2) is 76.3 Å². The number of nitrogens with zero attached hydrogens (tertiary/aromatic N) is 2. The number of furan rings is 1. The Balaban J connectivity index is 1.34. The maximum absolute atomic E-state index is 11.8. The number of anilines is 1. The Hall–Kier alpha value is -3.71. The van der Waals surface area contributed by atoms with E-state index in [1.165, 1.54) is 6.07 Å². The van der Waals surface area contributed by atoms with E-state index in [4.69, 9.17) is 9.15 Å². The number of pyridine rings is 1. The Morgan fingerprint density at radius 1 is 1.06 bits per heavy atom. The summed E-state index contributed by atoms with van der Waals surface area (Å²) in [6, 6.07) is 17.3. The summed E-state index contributed by atoms with van der Waals surface area (Å²) >= 11 is 0. The van der Waals surface area contributed by atoms with E-state index < -0.39 is 0 Å². The first-order chi connectivity index (χ1) is 15.2. The lowest BCUT2D eigenvalue weighted by Gasteiger charge is -2.09. The summed E-state index contributed by atoms with van der Waals surface area (Å²) < 4.78 is 11.0. The number of aromatic nitrogens is 3. The summed E-state index contributed by atoms with van der Waals surface area (Å²) in [6.45, 7) is 3.58.